The number of rotatable bonds is 3. The third-order valence-corrected chi connectivity index (χ3v) is 4.20. The number of anilines is 1. The smallest absolute Gasteiger partial charge is 0.236 e. The number of hydrogen-bond acceptors (Lipinski definition) is 6. The lowest BCUT2D eigenvalue weighted by Gasteiger charge is -2.34. The topological polar surface area (TPSA) is 80.9 Å². The highest BCUT2D eigenvalue weighted by atomic mass is 16.5. The molecular formula is C16H24N4O3. The van der Waals surface area contributed by atoms with Crippen molar-refractivity contribution < 1.29 is 14.3 Å². The molecule has 7 heteroatoms. The number of aryl methyl sites for hydroxylation is 1. The minimum atomic E-state index is -0.136. The van der Waals surface area contributed by atoms with E-state index >= 15 is 0 Å². The van der Waals surface area contributed by atoms with Crippen LogP contribution in [0.15, 0.2) is 12.1 Å². The Bertz CT molecular complexity index is 540. The number of amides is 1. The molecule has 2 N–H and O–H groups in total. The molecule has 0 unspecified atom stereocenters. The van der Waals surface area contributed by atoms with Crippen LogP contribution in [-0.4, -0.2) is 73.2 Å². The average Bonchev–Trinajstić information content (AvgIpc) is 2.55. The van der Waals surface area contributed by atoms with Crippen LogP contribution in [0.3, 0.4) is 0 Å². The van der Waals surface area contributed by atoms with Gasteiger partial charge >= 0.3 is 0 Å². The second kappa shape index (κ2) is 7.25. The molecule has 7 nitrogen and oxygen atoms in total. The zero-order valence-electron chi connectivity index (χ0n) is 13.5. The van der Waals surface area contributed by atoms with Gasteiger partial charge in [0.1, 0.15) is 6.10 Å². The Labute approximate surface area is 136 Å². The zero-order valence-corrected chi connectivity index (χ0v) is 13.5. The largest absolute Gasteiger partial charge is 0.399 e. The molecular weight excluding hydrogens is 296 g/mol. The van der Waals surface area contributed by atoms with E-state index in [9.17, 15) is 4.79 Å². The van der Waals surface area contributed by atoms with E-state index in [1.807, 2.05) is 24.0 Å². The maximum absolute atomic E-state index is 12.4. The fourth-order valence-electron chi connectivity index (χ4n) is 3.02. The normalized spacial score (nSPS) is 23.0. The van der Waals surface area contributed by atoms with Crippen molar-refractivity contribution in [2.24, 2.45) is 0 Å². The van der Waals surface area contributed by atoms with Gasteiger partial charge < -0.3 is 20.1 Å². The van der Waals surface area contributed by atoms with E-state index < -0.39 is 0 Å². The summed E-state index contributed by atoms with van der Waals surface area (Å²) in [7, 11) is 0. The van der Waals surface area contributed by atoms with Crippen molar-refractivity contribution in [3.8, 4) is 0 Å². The Morgan fingerprint density at radius 3 is 2.83 bits per heavy atom. The Kier molecular flexibility index (Phi) is 5.09. The zero-order chi connectivity index (χ0) is 16.2. The van der Waals surface area contributed by atoms with E-state index in [0.29, 0.717) is 51.7 Å². The van der Waals surface area contributed by atoms with Crippen molar-refractivity contribution in [3.63, 3.8) is 0 Å². The third-order valence-electron chi connectivity index (χ3n) is 4.20. The molecule has 3 rings (SSSR count). The number of nitrogens with zero attached hydrogens (tertiary/aromatic N) is 3. The SMILES string of the molecule is Cc1cc(N)cc([C@@H]2CN(CC(=O)N3CCOCC3)CCO2)n1. The Morgan fingerprint density at radius 1 is 1.30 bits per heavy atom. The van der Waals surface area contributed by atoms with Crippen molar-refractivity contribution >= 4 is 11.6 Å². The highest BCUT2D eigenvalue weighted by Gasteiger charge is 2.26. The number of morpholine rings is 2. The number of nitrogen functional groups attached to an aromatic ring is 1. The van der Waals surface area contributed by atoms with Crippen molar-refractivity contribution in [2.75, 3.05) is 58.3 Å². The molecule has 0 radical (unpaired) electrons. The molecule has 1 aromatic heterocycles. The van der Waals surface area contributed by atoms with Gasteiger partial charge in [-0.15, -0.1) is 0 Å². The maximum Gasteiger partial charge on any atom is 0.236 e. The van der Waals surface area contributed by atoms with E-state index in [0.717, 1.165) is 17.9 Å². The summed E-state index contributed by atoms with van der Waals surface area (Å²) in [6.45, 7) is 6.97. The minimum Gasteiger partial charge on any atom is -0.399 e. The fourth-order valence-corrected chi connectivity index (χ4v) is 3.02. The second-order valence-corrected chi connectivity index (χ2v) is 6.05. The van der Waals surface area contributed by atoms with Gasteiger partial charge in [-0.25, -0.2) is 0 Å². The van der Waals surface area contributed by atoms with Gasteiger partial charge in [-0.05, 0) is 19.1 Å². The molecule has 0 aliphatic carbocycles. The van der Waals surface area contributed by atoms with E-state index in [2.05, 4.69) is 9.88 Å². The van der Waals surface area contributed by atoms with Gasteiger partial charge in [-0.1, -0.05) is 0 Å². The summed E-state index contributed by atoms with van der Waals surface area (Å²) in [5, 5.41) is 0. The number of aromatic nitrogens is 1. The first kappa shape index (κ1) is 16.2. The highest BCUT2D eigenvalue weighted by molar-refractivity contribution is 5.78. The summed E-state index contributed by atoms with van der Waals surface area (Å²) in [6.07, 6.45) is -0.136. The number of ether oxygens (including phenoxy) is 2. The quantitative estimate of drug-likeness (QED) is 0.857. The van der Waals surface area contributed by atoms with Crippen LogP contribution in [0.4, 0.5) is 5.69 Å². The number of pyridine rings is 1. The van der Waals surface area contributed by atoms with Crippen molar-refractivity contribution in [1.82, 2.24) is 14.8 Å². The van der Waals surface area contributed by atoms with Crippen LogP contribution in [-0.2, 0) is 14.3 Å². The summed E-state index contributed by atoms with van der Waals surface area (Å²) in [6, 6.07) is 3.69. The molecule has 1 amide bonds. The molecule has 3 heterocycles. The molecule has 126 valence electrons. The minimum absolute atomic E-state index is 0.136. The third kappa shape index (κ3) is 4.19. The molecule has 2 aliphatic heterocycles. The van der Waals surface area contributed by atoms with Gasteiger partial charge in [0.25, 0.3) is 0 Å². The predicted octanol–water partition coefficient (Wildman–Crippen LogP) is 0.204. The standard InChI is InChI=1S/C16H24N4O3/c1-12-8-13(17)9-14(18-12)15-10-19(2-7-23-15)11-16(21)20-3-5-22-6-4-20/h8-9,15H,2-7,10-11H2,1H3,(H2,17,18)/t15-/m0/s1. The Hall–Kier alpha value is -1.70. The molecule has 1 atom stereocenters. The van der Waals surface area contributed by atoms with Crippen LogP contribution in [0.5, 0.6) is 0 Å². The number of nitrogens with two attached hydrogens (primary N) is 1. The van der Waals surface area contributed by atoms with E-state index in [1.54, 1.807) is 0 Å². The summed E-state index contributed by atoms with van der Waals surface area (Å²) >= 11 is 0. The molecule has 23 heavy (non-hydrogen) atoms. The van der Waals surface area contributed by atoms with Crippen molar-refractivity contribution in [1.29, 1.82) is 0 Å². The van der Waals surface area contributed by atoms with Gasteiger partial charge in [0.15, 0.2) is 0 Å². The molecule has 0 bridgehead atoms. The van der Waals surface area contributed by atoms with Crippen molar-refractivity contribution in [3.05, 3.63) is 23.5 Å². The lowest BCUT2D eigenvalue weighted by atomic mass is 10.1. The van der Waals surface area contributed by atoms with Crippen LogP contribution in [0.1, 0.15) is 17.5 Å². The second-order valence-electron chi connectivity index (χ2n) is 6.05. The molecule has 2 aliphatic rings. The van der Waals surface area contributed by atoms with Crippen LogP contribution in [0.25, 0.3) is 0 Å². The fraction of sp³-hybridized carbons (Fsp3) is 0.625. The molecule has 0 aromatic carbocycles. The first-order valence-electron chi connectivity index (χ1n) is 8.05. The number of hydrogen-bond donors (Lipinski definition) is 1. The number of carbonyl (C=O) groups is 1. The summed E-state index contributed by atoms with van der Waals surface area (Å²) < 4.78 is 11.1. The summed E-state index contributed by atoms with van der Waals surface area (Å²) in [4.78, 5) is 20.9. The Morgan fingerprint density at radius 2 is 2.09 bits per heavy atom. The average molecular weight is 320 g/mol. The van der Waals surface area contributed by atoms with Gasteiger partial charge in [-0.3, -0.25) is 14.7 Å². The van der Waals surface area contributed by atoms with Crippen LogP contribution >= 0.6 is 0 Å². The monoisotopic (exact) mass is 320 g/mol. The maximum atomic E-state index is 12.4. The van der Waals surface area contributed by atoms with Crippen LogP contribution in [0.2, 0.25) is 0 Å². The van der Waals surface area contributed by atoms with E-state index in [1.165, 1.54) is 0 Å². The first-order chi connectivity index (χ1) is 11.1. The molecule has 2 fully saturated rings. The van der Waals surface area contributed by atoms with Gasteiger partial charge in [0, 0.05) is 37.6 Å². The van der Waals surface area contributed by atoms with Gasteiger partial charge in [-0.2, -0.15) is 0 Å². The van der Waals surface area contributed by atoms with E-state index in [4.69, 9.17) is 15.2 Å². The van der Waals surface area contributed by atoms with Gasteiger partial charge in [0.05, 0.1) is 32.1 Å². The van der Waals surface area contributed by atoms with Crippen LogP contribution < -0.4 is 5.73 Å². The lowest BCUT2D eigenvalue weighted by molar-refractivity contribution is -0.138. The summed E-state index contributed by atoms with van der Waals surface area (Å²) in [5.41, 5.74) is 8.31. The van der Waals surface area contributed by atoms with Crippen molar-refractivity contribution in [2.45, 2.75) is 13.0 Å². The highest BCUT2D eigenvalue weighted by Crippen LogP contribution is 2.22. The van der Waals surface area contributed by atoms with Gasteiger partial charge in [0.2, 0.25) is 5.91 Å². The first-order valence-corrected chi connectivity index (χ1v) is 8.05. The number of carbonyl (C=O) groups excluding carboxylic acids is 1. The lowest BCUT2D eigenvalue weighted by Crippen LogP contribution is -2.48. The van der Waals surface area contributed by atoms with Crippen LogP contribution in [0, 0.1) is 6.92 Å². The molecule has 0 saturated carbocycles. The molecule has 1 aromatic rings. The summed E-state index contributed by atoms with van der Waals surface area (Å²) in [5.74, 6) is 0.158. The predicted molar refractivity (Wildman–Crippen MR) is 85.9 cm³/mol. The van der Waals surface area contributed by atoms with E-state index in [-0.39, 0.29) is 12.0 Å². The molecule has 0 spiro atoms. The Balaban J connectivity index is 1.60. The molecule has 2 saturated heterocycles.